The molecule has 4 aliphatic heterocycles. The molecule has 10 aromatic rings. The fourth-order valence-electron chi connectivity index (χ4n) is 11.5. The van der Waals surface area contributed by atoms with Gasteiger partial charge in [-0.05, 0) is 153 Å². The Balaban J connectivity index is 1.24. The predicted molar refractivity (Wildman–Crippen MR) is 256 cm³/mol. The molecule has 14 rings (SSSR count). The van der Waals surface area contributed by atoms with E-state index in [-0.39, 0.29) is 13.4 Å². The van der Waals surface area contributed by atoms with E-state index in [4.69, 9.17) is 22.6 Å². The summed E-state index contributed by atoms with van der Waals surface area (Å²) in [4.78, 5) is 7.72. The van der Waals surface area contributed by atoms with Gasteiger partial charge in [-0.15, -0.1) is 0 Å². The molecule has 0 atom stereocenters. The highest BCUT2D eigenvalue weighted by molar-refractivity contribution is 7.01. The van der Waals surface area contributed by atoms with Crippen LogP contribution in [-0.2, 0) is 0 Å². The molecule has 0 unspecified atom stereocenters. The maximum Gasteiger partial charge on any atom is 0.252 e. The summed E-state index contributed by atoms with van der Waals surface area (Å²) in [5.74, 6) is 2.49. The average Bonchev–Trinajstić information content (AvgIpc) is 3.35. The first-order chi connectivity index (χ1) is 31.5. The molecule has 0 fully saturated rings. The molecule has 8 heteroatoms. The molecule has 6 nitrogen and oxygen atoms in total. The van der Waals surface area contributed by atoms with Crippen LogP contribution in [0.4, 0.5) is 11.4 Å². The fourth-order valence-corrected chi connectivity index (χ4v) is 11.5. The second-order valence-electron chi connectivity index (χ2n) is 17.0. The van der Waals surface area contributed by atoms with Crippen molar-refractivity contribution >= 4 is 89.9 Å². The van der Waals surface area contributed by atoms with E-state index in [1.165, 1.54) is 0 Å². The van der Waals surface area contributed by atoms with E-state index in [0.29, 0.717) is 45.5 Å². The molecule has 0 amide bonds. The van der Waals surface area contributed by atoms with Crippen LogP contribution in [0.15, 0.2) is 146 Å². The Morgan fingerprint density at radius 3 is 1.47 bits per heavy atom. The molecule has 4 heterocycles. The van der Waals surface area contributed by atoms with Crippen molar-refractivity contribution in [2.75, 3.05) is 0 Å². The highest BCUT2D eigenvalue weighted by Crippen LogP contribution is 2.51. The van der Waals surface area contributed by atoms with Crippen molar-refractivity contribution in [2.24, 2.45) is 0 Å². The van der Waals surface area contributed by atoms with Gasteiger partial charge in [-0.1, -0.05) is 102 Å². The summed E-state index contributed by atoms with van der Waals surface area (Å²) >= 11 is 0. The topological polar surface area (TPSA) is 74.8 Å². The van der Waals surface area contributed by atoms with Crippen molar-refractivity contribution in [2.45, 2.75) is 0 Å². The zero-order valence-corrected chi connectivity index (χ0v) is 33.6. The Morgan fingerprint density at radius 2 is 0.906 bits per heavy atom. The quantitative estimate of drug-likeness (QED) is 0.0991. The first kappa shape index (κ1) is 34.6. The lowest BCUT2D eigenvalue weighted by molar-refractivity contribution is 0.487. The number of rotatable bonds is 2. The lowest BCUT2D eigenvalue weighted by Gasteiger charge is -2.37. The van der Waals surface area contributed by atoms with Gasteiger partial charge in [0.15, 0.2) is 11.4 Å². The van der Waals surface area contributed by atoms with Crippen LogP contribution in [0.1, 0.15) is 11.1 Å². The molecule has 4 aliphatic rings. The van der Waals surface area contributed by atoms with Crippen LogP contribution < -0.4 is 42.3 Å². The monoisotopic (exact) mass is 806 g/mol. The van der Waals surface area contributed by atoms with Crippen molar-refractivity contribution in [3.63, 3.8) is 0 Å². The molecule has 0 aliphatic carbocycles. The second kappa shape index (κ2) is 12.3. The van der Waals surface area contributed by atoms with Crippen molar-refractivity contribution < 1.29 is 9.47 Å². The van der Waals surface area contributed by atoms with Crippen LogP contribution in [0.3, 0.4) is 0 Å². The van der Waals surface area contributed by atoms with Crippen LogP contribution in [0.25, 0.3) is 86.5 Å². The van der Waals surface area contributed by atoms with Gasteiger partial charge in [0.2, 0.25) is 0 Å². The minimum absolute atomic E-state index is 0.246. The molecule has 0 spiro atoms. The van der Waals surface area contributed by atoms with Crippen LogP contribution >= 0.6 is 0 Å². The van der Waals surface area contributed by atoms with Gasteiger partial charge in [0, 0.05) is 0 Å². The molecule has 64 heavy (non-hydrogen) atoms. The van der Waals surface area contributed by atoms with Crippen LogP contribution in [0, 0.1) is 35.8 Å². The lowest BCUT2D eigenvalue weighted by atomic mass is 9.31. The minimum Gasteiger partial charge on any atom is -0.461 e. The van der Waals surface area contributed by atoms with Crippen molar-refractivity contribution in [3.8, 4) is 79.6 Å². The van der Waals surface area contributed by atoms with E-state index >= 15 is 0 Å². The largest absolute Gasteiger partial charge is 0.461 e. The zero-order chi connectivity index (χ0) is 42.5. The number of hydrogen-bond donors (Lipinski definition) is 0. The van der Waals surface area contributed by atoms with Gasteiger partial charge >= 0.3 is 0 Å². The molecular formula is C56H24B2N4O2. The number of hydrogen-bond acceptors (Lipinski definition) is 4. The highest BCUT2D eigenvalue weighted by Gasteiger charge is 2.44. The summed E-state index contributed by atoms with van der Waals surface area (Å²) < 4.78 is 13.4. The zero-order valence-electron chi connectivity index (χ0n) is 33.6. The number of benzene rings is 10. The number of ether oxygens (including phenoxy) is 2. The maximum absolute atomic E-state index is 10.5. The van der Waals surface area contributed by atoms with Gasteiger partial charge in [-0.25, -0.2) is 9.69 Å². The number of nitrogens with zero attached hydrogens (tertiary/aromatic N) is 4. The summed E-state index contributed by atoms with van der Waals surface area (Å²) in [5.41, 5.74) is 16.5. The van der Waals surface area contributed by atoms with Gasteiger partial charge < -0.3 is 9.47 Å². The Hall–Kier alpha value is -9.07. The third-order valence-electron chi connectivity index (χ3n) is 14.0. The van der Waals surface area contributed by atoms with Crippen molar-refractivity contribution in [1.82, 2.24) is 0 Å². The summed E-state index contributed by atoms with van der Waals surface area (Å²) in [6.45, 7) is 15.6. The standard InChI is InChI=1S/C56H24B2N4O2/c1-61-33-14-16-44-48(21-33)64-50-22-34(62-2)20-42-38-24-36(32-11-7-4-8-12-32)40-25-45-51-37(41-17-30(28-60)19-49-55(41)57(45)43-15-13-29(27-59)18-47(43)63-49)23-35(31-9-5-3-6-10-31)39-26-46(58(44)56(42)50)52(38)54(40)53(39)51/h3-26H. The van der Waals surface area contributed by atoms with E-state index in [9.17, 15) is 10.5 Å². The Bertz CT molecular complexity index is 3760. The third kappa shape index (κ3) is 4.36. The average molecular weight is 806 g/mol. The maximum atomic E-state index is 10.5. The van der Waals surface area contributed by atoms with E-state index in [0.717, 1.165) is 110 Å². The molecule has 0 saturated heterocycles. The number of nitriles is 2. The normalized spacial score (nSPS) is 12.8. The fraction of sp³-hybridized carbons (Fsp3) is 0. The molecule has 0 aromatic heterocycles. The smallest absolute Gasteiger partial charge is 0.252 e. The molecule has 286 valence electrons. The van der Waals surface area contributed by atoms with Crippen LogP contribution in [0.2, 0.25) is 0 Å². The second-order valence-corrected chi connectivity index (χ2v) is 17.0. The highest BCUT2D eigenvalue weighted by atomic mass is 16.5. The van der Waals surface area contributed by atoms with E-state index < -0.39 is 0 Å². The molecule has 0 N–H and O–H groups in total. The van der Waals surface area contributed by atoms with Gasteiger partial charge in [-0.2, -0.15) is 10.5 Å². The Kier molecular flexibility index (Phi) is 6.64. The summed E-state index contributed by atoms with van der Waals surface area (Å²) in [5, 5.41) is 27.2. The molecule has 10 aromatic carbocycles. The first-order valence-electron chi connectivity index (χ1n) is 21.1. The molecule has 0 radical (unpaired) electrons. The Labute approximate surface area is 367 Å². The van der Waals surface area contributed by atoms with Gasteiger partial charge in [0.05, 0.1) is 36.4 Å². The van der Waals surface area contributed by atoms with Crippen LogP contribution in [0.5, 0.6) is 23.0 Å². The van der Waals surface area contributed by atoms with Crippen molar-refractivity contribution in [1.29, 1.82) is 10.5 Å². The third-order valence-corrected chi connectivity index (χ3v) is 14.0. The van der Waals surface area contributed by atoms with Gasteiger partial charge in [0.1, 0.15) is 23.0 Å². The van der Waals surface area contributed by atoms with E-state index in [1.807, 2.05) is 72.8 Å². The summed E-state index contributed by atoms with van der Waals surface area (Å²) in [7, 11) is 0. The first-order valence-corrected chi connectivity index (χ1v) is 21.1. The van der Waals surface area contributed by atoms with E-state index in [2.05, 4.69) is 94.6 Å². The summed E-state index contributed by atoms with van der Waals surface area (Å²) in [6, 6.07) is 54.4. The van der Waals surface area contributed by atoms with Crippen molar-refractivity contribution in [3.05, 3.63) is 180 Å². The summed E-state index contributed by atoms with van der Waals surface area (Å²) in [6.07, 6.45) is 0. The minimum atomic E-state index is -0.255. The number of fused-ring (bicyclic) bond motifs is 8. The molecular weight excluding hydrogens is 782 g/mol. The lowest BCUT2D eigenvalue weighted by Crippen LogP contribution is -2.58. The SMILES string of the molecule is [C-]#[N+]c1ccc2c(c1)Oc1cc([N+]#[C-])cc3c1B2c1cc2c(-c4ccccc4)cc4c5c(cc6c(-c7ccccc7)cc-3c1c6c25)B1c2ccc(C#N)cc2Oc2cc(C#N)cc-4c21. The van der Waals surface area contributed by atoms with E-state index in [1.54, 1.807) is 0 Å². The molecule has 0 bridgehead atoms. The van der Waals surface area contributed by atoms with Gasteiger partial charge in [-0.3, -0.25) is 0 Å². The molecule has 0 saturated carbocycles. The predicted octanol–water partition coefficient (Wildman–Crippen LogP) is 9.97. The van der Waals surface area contributed by atoms with Gasteiger partial charge in [0.25, 0.3) is 13.4 Å². The Morgan fingerprint density at radius 1 is 0.406 bits per heavy atom. The van der Waals surface area contributed by atoms with Crippen LogP contribution in [-0.4, -0.2) is 13.4 Å².